The van der Waals surface area contributed by atoms with E-state index in [0.29, 0.717) is 6.42 Å². The topological polar surface area (TPSA) is 40.5 Å². The molecule has 1 saturated heterocycles. The maximum Gasteiger partial charge on any atom is 0.227 e. The number of benzene rings is 1. The van der Waals surface area contributed by atoms with E-state index in [1.807, 2.05) is 31.2 Å². The Bertz CT molecular complexity index is 408. The van der Waals surface area contributed by atoms with Crippen molar-refractivity contribution < 1.29 is 9.90 Å². The molecule has 1 aliphatic rings. The number of carbonyl (C=O) groups is 1. The van der Waals surface area contributed by atoms with Crippen molar-refractivity contribution in [3.05, 3.63) is 28.7 Å². The summed E-state index contributed by atoms with van der Waals surface area (Å²) in [6.45, 7) is 2.04. The highest BCUT2D eigenvalue weighted by molar-refractivity contribution is 9.10. The molecule has 16 heavy (non-hydrogen) atoms. The SMILES string of the molecule is CC1C(CO)CC(=O)N1c1ccccc1Br. The molecule has 1 aromatic rings. The van der Waals surface area contributed by atoms with Gasteiger partial charge in [-0.05, 0) is 35.0 Å². The van der Waals surface area contributed by atoms with Crippen LogP contribution < -0.4 is 4.90 Å². The third kappa shape index (κ3) is 1.87. The summed E-state index contributed by atoms with van der Waals surface area (Å²) >= 11 is 3.45. The summed E-state index contributed by atoms with van der Waals surface area (Å²) < 4.78 is 0.911. The lowest BCUT2D eigenvalue weighted by molar-refractivity contribution is -0.117. The number of halogens is 1. The van der Waals surface area contributed by atoms with Gasteiger partial charge in [0.25, 0.3) is 0 Å². The molecule has 1 amide bonds. The van der Waals surface area contributed by atoms with Crippen LogP contribution in [0.5, 0.6) is 0 Å². The number of hydrogen-bond acceptors (Lipinski definition) is 2. The van der Waals surface area contributed by atoms with E-state index in [1.54, 1.807) is 4.90 Å². The zero-order chi connectivity index (χ0) is 11.7. The van der Waals surface area contributed by atoms with Crippen LogP contribution in [0.3, 0.4) is 0 Å². The quantitative estimate of drug-likeness (QED) is 0.904. The van der Waals surface area contributed by atoms with E-state index in [-0.39, 0.29) is 24.5 Å². The van der Waals surface area contributed by atoms with Gasteiger partial charge in [0, 0.05) is 29.5 Å². The van der Waals surface area contributed by atoms with Gasteiger partial charge in [-0.25, -0.2) is 0 Å². The summed E-state index contributed by atoms with van der Waals surface area (Å²) in [6.07, 6.45) is 0.430. The van der Waals surface area contributed by atoms with E-state index >= 15 is 0 Å². The molecule has 2 rings (SSSR count). The lowest BCUT2D eigenvalue weighted by Crippen LogP contribution is -2.33. The second-order valence-corrected chi connectivity index (χ2v) is 4.96. The van der Waals surface area contributed by atoms with Crippen molar-refractivity contribution >= 4 is 27.5 Å². The van der Waals surface area contributed by atoms with Crippen LogP contribution in [0.2, 0.25) is 0 Å². The van der Waals surface area contributed by atoms with E-state index in [2.05, 4.69) is 15.9 Å². The van der Waals surface area contributed by atoms with Gasteiger partial charge in [0.05, 0.1) is 5.69 Å². The van der Waals surface area contributed by atoms with Crippen molar-refractivity contribution in [2.75, 3.05) is 11.5 Å². The third-order valence-corrected chi connectivity index (χ3v) is 3.81. The minimum atomic E-state index is 0.0413. The first-order chi connectivity index (χ1) is 7.65. The normalized spacial score (nSPS) is 25.2. The molecule has 1 aliphatic heterocycles. The molecular weight excluding hydrogens is 270 g/mol. The second kappa shape index (κ2) is 4.55. The Morgan fingerprint density at radius 2 is 2.19 bits per heavy atom. The van der Waals surface area contributed by atoms with Gasteiger partial charge in [0.2, 0.25) is 5.91 Å². The van der Waals surface area contributed by atoms with E-state index in [4.69, 9.17) is 0 Å². The van der Waals surface area contributed by atoms with Crippen LogP contribution >= 0.6 is 15.9 Å². The highest BCUT2D eigenvalue weighted by Gasteiger charge is 2.37. The highest BCUT2D eigenvalue weighted by Crippen LogP contribution is 2.34. The van der Waals surface area contributed by atoms with Crippen LogP contribution in [0.25, 0.3) is 0 Å². The first kappa shape index (κ1) is 11.6. The van der Waals surface area contributed by atoms with Crippen molar-refractivity contribution in [1.82, 2.24) is 0 Å². The summed E-state index contributed by atoms with van der Waals surface area (Å²) in [5.74, 6) is 0.123. The Hall–Kier alpha value is -0.870. The van der Waals surface area contributed by atoms with E-state index < -0.39 is 0 Å². The molecule has 86 valence electrons. The molecule has 0 spiro atoms. The molecule has 3 nitrogen and oxygen atoms in total. The van der Waals surface area contributed by atoms with E-state index in [1.165, 1.54) is 0 Å². The Morgan fingerprint density at radius 1 is 1.50 bits per heavy atom. The molecule has 2 atom stereocenters. The van der Waals surface area contributed by atoms with Crippen LogP contribution in [-0.2, 0) is 4.79 Å². The summed E-state index contributed by atoms with van der Waals surface area (Å²) in [6, 6.07) is 7.71. The molecule has 0 saturated carbocycles. The number of aliphatic hydroxyl groups excluding tert-OH is 1. The van der Waals surface area contributed by atoms with Crippen molar-refractivity contribution in [1.29, 1.82) is 0 Å². The number of amides is 1. The van der Waals surface area contributed by atoms with Crippen LogP contribution in [0.1, 0.15) is 13.3 Å². The van der Waals surface area contributed by atoms with Gasteiger partial charge in [-0.3, -0.25) is 4.79 Å². The number of para-hydroxylation sites is 1. The first-order valence-electron chi connectivity index (χ1n) is 5.32. The van der Waals surface area contributed by atoms with Gasteiger partial charge in [-0.15, -0.1) is 0 Å². The zero-order valence-electron chi connectivity index (χ0n) is 9.06. The fourth-order valence-corrected chi connectivity index (χ4v) is 2.62. The van der Waals surface area contributed by atoms with Crippen LogP contribution in [-0.4, -0.2) is 23.7 Å². The lowest BCUT2D eigenvalue weighted by atomic mass is 10.0. The molecule has 1 N–H and O–H groups in total. The van der Waals surface area contributed by atoms with Crippen molar-refractivity contribution in [3.63, 3.8) is 0 Å². The Labute approximate surface area is 103 Å². The molecule has 1 heterocycles. The van der Waals surface area contributed by atoms with Gasteiger partial charge in [-0.2, -0.15) is 0 Å². The minimum absolute atomic E-state index is 0.0413. The third-order valence-electron chi connectivity index (χ3n) is 3.14. The first-order valence-corrected chi connectivity index (χ1v) is 6.12. The van der Waals surface area contributed by atoms with Crippen LogP contribution in [0.15, 0.2) is 28.7 Å². The predicted octanol–water partition coefficient (Wildman–Crippen LogP) is 2.18. The monoisotopic (exact) mass is 283 g/mol. The number of nitrogens with zero attached hydrogens (tertiary/aromatic N) is 1. The molecule has 1 aromatic carbocycles. The number of aliphatic hydroxyl groups is 1. The van der Waals surface area contributed by atoms with Crippen LogP contribution in [0, 0.1) is 5.92 Å². The zero-order valence-corrected chi connectivity index (χ0v) is 10.6. The Morgan fingerprint density at radius 3 is 2.75 bits per heavy atom. The van der Waals surface area contributed by atoms with Crippen molar-refractivity contribution in [2.24, 2.45) is 5.92 Å². The van der Waals surface area contributed by atoms with Gasteiger partial charge < -0.3 is 10.0 Å². The number of hydrogen-bond donors (Lipinski definition) is 1. The average Bonchev–Trinajstić information content (AvgIpc) is 2.55. The summed E-state index contributed by atoms with van der Waals surface area (Å²) in [7, 11) is 0. The summed E-state index contributed by atoms with van der Waals surface area (Å²) in [5.41, 5.74) is 0.885. The van der Waals surface area contributed by atoms with E-state index in [9.17, 15) is 9.90 Å². The van der Waals surface area contributed by atoms with E-state index in [0.717, 1.165) is 10.2 Å². The Balaban J connectivity index is 2.35. The maximum absolute atomic E-state index is 11.9. The van der Waals surface area contributed by atoms with Gasteiger partial charge >= 0.3 is 0 Å². The number of rotatable bonds is 2. The van der Waals surface area contributed by atoms with Crippen molar-refractivity contribution in [3.8, 4) is 0 Å². The van der Waals surface area contributed by atoms with Crippen LogP contribution in [0.4, 0.5) is 5.69 Å². The highest BCUT2D eigenvalue weighted by atomic mass is 79.9. The second-order valence-electron chi connectivity index (χ2n) is 4.10. The lowest BCUT2D eigenvalue weighted by Gasteiger charge is -2.25. The Kier molecular flexibility index (Phi) is 3.30. The molecule has 0 aromatic heterocycles. The number of carbonyl (C=O) groups excluding carboxylic acids is 1. The molecular formula is C12H14BrNO2. The number of anilines is 1. The smallest absolute Gasteiger partial charge is 0.227 e. The summed E-state index contributed by atoms with van der Waals surface area (Å²) in [4.78, 5) is 13.7. The van der Waals surface area contributed by atoms with Gasteiger partial charge in [-0.1, -0.05) is 12.1 Å². The molecule has 0 radical (unpaired) electrons. The molecule has 0 aliphatic carbocycles. The fraction of sp³-hybridized carbons (Fsp3) is 0.417. The summed E-state index contributed by atoms with van der Waals surface area (Å²) in [5, 5.41) is 9.20. The molecule has 4 heteroatoms. The average molecular weight is 284 g/mol. The molecule has 0 bridgehead atoms. The maximum atomic E-state index is 11.9. The standard InChI is InChI=1S/C12H14BrNO2/c1-8-9(7-15)6-12(16)14(8)11-5-3-2-4-10(11)13/h2-5,8-9,15H,6-7H2,1H3. The molecule has 2 unspecified atom stereocenters. The minimum Gasteiger partial charge on any atom is -0.396 e. The van der Waals surface area contributed by atoms with Gasteiger partial charge in [0.15, 0.2) is 0 Å². The van der Waals surface area contributed by atoms with Crippen molar-refractivity contribution in [2.45, 2.75) is 19.4 Å². The molecule has 1 fully saturated rings. The predicted molar refractivity (Wildman–Crippen MR) is 66.3 cm³/mol. The largest absolute Gasteiger partial charge is 0.396 e. The van der Waals surface area contributed by atoms with Gasteiger partial charge in [0.1, 0.15) is 0 Å². The fourth-order valence-electron chi connectivity index (χ4n) is 2.15.